The SMILES string of the molecule is CCN1CCN(C(=O)N2CCSC(c3ccccc3)CC2)C(=O)C1=O. The fourth-order valence-corrected chi connectivity index (χ4v) is 4.46. The molecular formula is C18H23N3O3S. The van der Waals surface area contributed by atoms with Gasteiger partial charge in [0.25, 0.3) is 0 Å². The lowest BCUT2D eigenvalue weighted by Gasteiger charge is -2.34. The lowest BCUT2D eigenvalue weighted by molar-refractivity contribution is -0.153. The Morgan fingerprint density at radius 1 is 1.08 bits per heavy atom. The predicted molar refractivity (Wildman–Crippen MR) is 97.2 cm³/mol. The first-order valence-corrected chi connectivity index (χ1v) is 9.73. The number of nitrogens with zero attached hydrogens (tertiary/aromatic N) is 3. The van der Waals surface area contributed by atoms with Gasteiger partial charge in [0.1, 0.15) is 0 Å². The van der Waals surface area contributed by atoms with E-state index in [4.69, 9.17) is 0 Å². The molecule has 0 radical (unpaired) electrons. The number of thioether (sulfide) groups is 1. The zero-order valence-corrected chi connectivity index (χ0v) is 15.2. The van der Waals surface area contributed by atoms with Gasteiger partial charge in [-0.25, -0.2) is 4.79 Å². The number of likely N-dealkylation sites (N-methyl/N-ethyl adjacent to an activating group) is 1. The van der Waals surface area contributed by atoms with Crippen LogP contribution in [0.1, 0.15) is 24.2 Å². The number of urea groups is 1. The second kappa shape index (κ2) is 7.91. The van der Waals surface area contributed by atoms with E-state index in [-0.39, 0.29) is 12.6 Å². The highest BCUT2D eigenvalue weighted by molar-refractivity contribution is 7.99. The van der Waals surface area contributed by atoms with Crippen LogP contribution in [0.5, 0.6) is 0 Å². The minimum Gasteiger partial charge on any atom is -0.333 e. The molecule has 0 N–H and O–H groups in total. The Labute approximate surface area is 152 Å². The third-order valence-electron chi connectivity index (χ3n) is 4.70. The average Bonchev–Trinajstić information content (AvgIpc) is 2.90. The molecule has 4 amide bonds. The summed E-state index contributed by atoms with van der Waals surface area (Å²) in [6, 6.07) is 9.95. The minimum atomic E-state index is -0.699. The molecule has 2 aliphatic rings. The smallest absolute Gasteiger partial charge is 0.327 e. The first-order valence-electron chi connectivity index (χ1n) is 8.68. The Kier molecular flexibility index (Phi) is 5.63. The van der Waals surface area contributed by atoms with Gasteiger partial charge >= 0.3 is 17.8 Å². The molecule has 3 rings (SSSR count). The van der Waals surface area contributed by atoms with E-state index in [0.717, 1.165) is 17.1 Å². The number of carbonyl (C=O) groups excluding carboxylic acids is 3. The van der Waals surface area contributed by atoms with Gasteiger partial charge in [-0.05, 0) is 18.9 Å². The van der Waals surface area contributed by atoms with Gasteiger partial charge in [-0.15, -0.1) is 0 Å². The Morgan fingerprint density at radius 2 is 1.84 bits per heavy atom. The molecule has 2 aliphatic heterocycles. The number of piperazine rings is 1. The van der Waals surface area contributed by atoms with Gasteiger partial charge in [0, 0.05) is 43.7 Å². The van der Waals surface area contributed by atoms with Gasteiger partial charge in [0.05, 0.1) is 0 Å². The summed E-state index contributed by atoms with van der Waals surface area (Å²) >= 11 is 1.84. The second-order valence-corrected chi connectivity index (χ2v) is 7.48. The van der Waals surface area contributed by atoms with E-state index in [2.05, 4.69) is 12.1 Å². The number of amides is 4. The Hall–Kier alpha value is -2.02. The highest BCUT2D eigenvalue weighted by Crippen LogP contribution is 2.34. The van der Waals surface area contributed by atoms with Gasteiger partial charge in [-0.3, -0.25) is 14.5 Å². The van der Waals surface area contributed by atoms with Gasteiger partial charge in [-0.1, -0.05) is 30.3 Å². The molecule has 0 saturated carbocycles. The maximum atomic E-state index is 12.8. The van der Waals surface area contributed by atoms with Crippen LogP contribution in [0, 0.1) is 0 Å². The average molecular weight is 361 g/mol. The molecule has 1 unspecified atom stereocenters. The van der Waals surface area contributed by atoms with Gasteiger partial charge in [-0.2, -0.15) is 11.8 Å². The van der Waals surface area contributed by atoms with E-state index in [1.807, 2.05) is 36.9 Å². The Bertz CT molecular complexity index is 652. The van der Waals surface area contributed by atoms with Crippen molar-refractivity contribution >= 4 is 29.6 Å². The zero-order chi connectivity index (χ0) is 17.8. The van der Waals surface area contributed by atoms with E-state index in [9.17, 15) is 14.4 Å². The first kappa shape index (κ1) is 17.8. The van der Waals surface area contributed by atoms with Crippen molar-refractivity contribution in [1.29, 1.82) is 0 Å². The Balaban J connectivity index is 1.63. The summed E-state index contributed by atoms with van der Waals surface area (Å²) in [4.78, 5) is 41.3. The van der Waals surface area contributed by atoms with Crippen molar-refractivity contribution in [2.24, 2.45) is 0 Å². The summed E-state index contributed by atoms with van der Waals surface area (Å²) in [6.07, 6.45) is 0.845. The van der Waals surface area contributed by atoms with E-state index >= 15 is 0 Å². The van der Waals surface area contributed by atoms with Crippen LogP contribution in [0.4, 0.5) is 4.79 Å². The van der Waals surface area contributed by atoms with Crippen LogP contribution in [0.15, 0.2) is 30.3 Å². The molecule has 2 heterocycles. The van der Waals surface area contributed by atoms with Gasteiger partial charge in [0.2, 0.25) is 0 Å². The minimum absolute atomic E-state index is 0.281. The van der Waals surface area contributed by atoms with Crippen molar-refractivity contribution in [3.63, 3.8) is 0 Å². The Morgan fingerprint density at radius 3 is 2.56 bits per heavy atom. The maximum absolute atomic E-state index is 12.8. The summed E-state index contributed by atoms with van der Waals surface area (Å²) in [5.41, 5.74) is 1.27. The molecule has 0 aromatic heterocycles. The molecule has 2 fully saturated rings. The monoisotopic (exact) mass is 361 g/mol. The molecule has 134 valence electrons. The molecule has 1 aromatic rings. The molecule has 0 bridgehead atoms. The van der Waals surface area contributed by atoms with E-state index in [1.165, 1.54) is 10.5 Å². The van der Waals surface area contributed by atoms with E-state index in [0.29, 0.717) is 31.4 Å². The zero-order valence-electron chi connectivity index (χ0n) is 14.4. The molecule has 25 heavy (non-hydrogen) atoms. The first-order chi connectivity index (χ1) is 12.1. The summed E-state index contributed by atoms with van der Waals surface area (Å²) < 4.78 is 0. The number of imide groups is 1. The lowest BCUT2D eigenvalue weighted by Crippen LogP contribution is -2.58. The number of carbonyl (C=O) groups is 3. The van der Waals surface area contributed by atoms with Crippen molar-refractivity contribution in [2.45, 2.75) is 18.6 Å². The molecular weight excluding hydrogens is 338 g/mol. The third kappa shape index (κ3) is 3.81. The van der Waals surface area contributed by atoms with E-state index in [1.54, 1.807) is 4.90 Å². The summed E-state index contributed by atoms with van der Waals surface area (Å²) in [5, 5.41) is 0.355. The van der Waals surface area contributed by atoms with Crippen LogP contribution < -0.4 is 0 Å². The van der Waals surface area contributed by atoms with Crippen molar-refractivity contribution in [1.82, 2.24) is 14.7 Å². The largest absolute Gasteiger partial charge is 0.333 e. The molecule has 1 aromatic carbocycles. The number of hydrogen-bond acceptors (Lipinski definition) is 4. The van der Waals surface area contributed by atoms with Gasteiger partial charge < -0.3 is 9.80 Å². The van der Waals surface area contributed by atoms with Crippen LogP contribution in [0.2, 0.25) is 0 Å². The fourth-order valence-electron chi connectivity index (χ4n) is 3.22. The number of hydrogen-bond donors (Lipinski definition) is 0. The number of benzene rings is 1. The molecule has 1 atom stereocenters. The molecule has 7 heteroatoms. The normalized spacial score (nSPS) is 22.1. The lowest BCUT2D eigenvalue weighted by atomic mass is 10.1. The highest BCUT2D eigenvalue weighted by Gasteiger charge is 2.37. The van der Waals surface area contributed by atoms with E-state index < -0.39 is 11.8 Å². The maximum Gasteiger partial charge on any atom is 0.327 e. The van der Waals surface area contributed by atoms with Gasteiger partial charge in [0.15, 0.2) is 0 Å². The van der Waals surface area contributed by atoms with Crippen LogP contribution in [0.25, 0.3) is 0 Å². The number of rotatable bonds is 2. The van der Waals surface area contributed by atoms with Crippen molar-refractivity contribution in [3.05, 3.63) is 35.9 Å². The molecule has 2 saturated heterocycles. The van der Waals surface area contributed by atoms with Crippen molar-refractivity contribution < 1.29 is 14.4 Å². The highest BCUT2D eigenvalue weighted by atomic mass is 32.2. The van der Waals surface area contributed by atoms with Crippen LogP contribution >= 0.6 is 11.8 Å². The second-order valence-electron chi connectivity index (χ2n) is 6.17. The fraction of sp³-hybridized carbons (Fsp3) is 0.500. The topological polar surface area (TPSA) is 60.9 Å². The van der Waals surface area contributed by atoms with Crippen LogP contribution in [-0.4, -0.2) is 71.0 Å². The summed E-state index contributed by atoms with van der Waals surface area (Å²) in [6.45, 7) is 4.22. The van der Waals surface area contributed by atoms with Crippen LogP contribution in [0.3, 0.4) is 0 Å². The van der Waals surface area contributed by atoms with Crippen molar-refractivity contribution in [3.8, 4) is 0 Å². The van der Waals surface area contributed by atoms with Crippen molar-refractivity contribution in [2.75, 3.05) is 38.5 Å². The molecule has 0 spiro atoms. The molecule has 6 nitrogen and oxygen atoms in total. The van der Waals surface area contributed by atoms with Crippen LogP contribution in [-0.2, 0) is 9.59 Å². The summed E-state index contributed by atoms with van der Waals surface area (Å²) in [7, 11) is 0. The summed E-state index contributed by atoms with van der Waals surface area (Å²) in [5.74, 6) is -0.453. The molecule has 0 aliphatic carbocycles. The predicted octanol–water partition coefficient (Wildman–Crippen LogP) is 1.98. The standard InChI is InChI=1S/C18H23N3O3S/c1-2-19-10-11-21(17(23)16(19)22)18(24)20-9-8-15(25-13-12-20)14-6-4-3-5-7-14/h3-7,15H,2,8-13H2,1H3. The third-order valence-corrected chi connectivity index (χ3v) is 6.03. The quantitative estimate of drug-likeness (QED) is 0.756.